The Labute approximate surface area is 168 Å². The van der Waals surface area contributed by atoms with Crippen molar-refractivity contribution in [1.29, 1.82) is 0 Å². The molecule has 142 valence electrons. The summed E-state index contributed by atoms with van der Waals surface area (Å²) in [5.74, 6) is -0.676. The van der Waals surface area contributed by atoms with E-state index in [1.165, 1.54) is 0 Å². The molecule has 0 aliphatic heterocycles. The summed E-state index contributed by atoms with van der Waals surface area (Å²) in [5, 5.41) is 6.33. The van der Waals surface area contributed by atoms with Crippen LogP contribution in [-0.4, -0.2) is 16.8 Å². The zero-order valence-electron chi connectivity index (χ0n) is 15.4. The van der Waals surface area contributed by atoms with Crippen LogP contribution in [0.3, 0.4) is 0 Å². The highest BCUT2D eigenvalue weighted by molar-refractivity contribution is 6.30. The maximum atomic E-state index is 12.5. The number of carbonyl (C=O) groups excluding carboxylic acids is 2. The molecule has 0 spiro atoms. The van der Waals surface area contributed by atoms with Gasteiger partial charge in [-0.15, -0.1) is 0 Å². The number of hydrogen-bond donors (Lipinski definition) is 2. The van der Waals surface area contributed by atoms with E-state index in [0.717, 1.165) is 11.1 Å². The number of halogens is 1. The summed E-state index contributed by atoms with van der Waals surface area (Å²) in [5.41, 5.74) is 2.30. The third kappa shape index (κ3) is 5.18. The third-order valence-corrected chi connectivity index (χ3v) is 4.48. The van der Waals surface area contributed by atoms with Crippen LogP contribution in [0.4, 0.5) is 0 Å². The Morgan fingerprint density at radius 3 is 2.21 bits per heavy atom. The molecule has 28 heavy (non-hydrogen) atoms. The van der Waals surface area contributed by atoms with Crippen LogP contribution in [0.5, 0.6) is 0 Å². The molecule has 0 saturated carbocycles. The van der Waals surface area contributed by atoms with Crippen molar-refractivity contribution in [3.8, 4) is 0 Å². The van der Waals surface area contributed by atoms with Gasteiger partial charge in [-0.3, -0.25) is 9.59 Å². The second-order valence-corrected chi connectivity index (χ2v) is 6.76. The first kappa shape index (κ1) is 19.6. The minimum atomic E-state index is -0.347. The van der Waals surface area contributed by atoms with Gasteiger partial charge in [0.15, 0.2) is 0 Å². The molecule has 0 fully saturated rings. The summed E-state index contributed by atoms with van der Waals surface area (Å²) in [6, 6.07) is 21.5. The highest BCUT2D eigenvalue weighted by atomic mass is 35.5. The fourth-order valence-corrected chi connectivity index (χ4v) is 2.78. The molecule has 1 heterocycles. The van der Waals surface area contributed by atoms with E-state index >= 15 is 0 Å². The van der Waals surface area contributed by atoms with Gasteiger partial charge in [-0.25, -0.2) is 4.98 Å². The second-order valence-electron chi connectivity index (χ2n) is 6.32. The Morgan fingerprint density at radius 1 is 0.893 bits per heavy atom. The Balaban J connectivity index is 1.63. The largest absolute Gasteiger partial charge is 0.347 e. The van der Waals surface area contributed by atoms with Crippen molar-refractivity contribution in [1.82, 2.24) is 15.6 Å². The molecule has 2 amide bonds. The molecule has 0 saturated heterocycles. The van der Waals surface area contributed by atoms with Gasteiger partial charge in [-0.1, -0.05) is 60.1 Å². The molecule has 1 unspecified atom stereocenters. The van der Waals surface area contributed by atoms with Crippen LogP contribution in [0.15, 0.2) is 72.8 Å². The van der Waals surface area contributed by atoms with Gasteiger partial charge in [0.25, 0.3) is 11.8 Å². The van der Waals surface area contributed by atoms with Crippen molar-refractivity contribution in [3.63, 3.8) is 0 Å². The van der Waals surface area contributed by atoms with Crippen LogP contribution in [0.25, 0.3) is 0 Å². The predicted molar refractivity (Wildman–Crippen MR) is 109 cm³/mol. The first-order chi connectivity index (χ1) is 13.5. The third-order valence-electron chi connectivity index (χ3n) is 4.23. The Kier molecular flexibility index (Phi) is 6.40. The molecule has 2 N–H and O–H groups in total. The minimum absolute atomic E-state index is 0.169. The number of hydrogen-bond acceptors (Lipinski definition) is 3. The first-order valence-corrected chi connectivity index (χ1v) is 9.26. The molecule has 0 radical (unpaired) electrons. The average molecular weight is 394 g/mol. The number of nitrogens with one attached hydrogen (secondary N) is 2. The molecule has 0 bridgehead atoms. The smallest absolute Gasteiger partial charge is 0.270 e. The number of rotatable bonds is 6. The molecular formula is C22H20ClN3O2. The van der Waals surface area contributed by atoms with E-state index in [9.17, 15) is 9.59 Å². The second kappa shape index (κ2) is 9.15. The molecule has 5 nitrogen and oxygen atoms in total. The summed E-state index contributed by atoms with van der Waals surface area (Å²) in [6.45, 7) is 2.25. The lowest BCUT2D eigenvalue weighted by atomic mass is 10.1. The summed E-state index contributed by atoms with van der Waals surface area (Å²) in [7, 11) is 0. The van der Waals surface area contributed by atoms with Gasteiger partial charge in [0, 0.05) is 11.6 Å². The van der Waals surface area contributed by atoms with Gasteiger partial charge in [-0.05, 0) is 42.3 Å². The SMILES string of the molecule is CC(NC(=O)c1cccc(C(=O)NCc2ccc(Cl)cc2)n1)c1ccccc1. The number of nitrogens with zero attached hydrogens (tertiary/aromatic N) is 1. The molecule has 6 heteroatoms. The highest BCUT2D eigenvalue weighted by Gasteiger charge is 2.15. The number of pyridine rings is 1. The monoisotopic (exact) mass is 393 g/mol. The Hall–Kier alpha value is -3.18. The van der Waals surface area contributed by atoms with Crippen molar-refractivity contribution < 1.29 is 9.59 Å². The first-order valence-electron chi connectivity index (χ1n) is 8.88. The summed E-state index contributed by atoms with van der Waals surface area (Å²) in [6.07, 6.45) is 0. The van der Waals surface area contributed by atoms with Gasteiger partial charge < -0.3 is 10.6 Å². The molecule has 1 aromatic heterocycles. The lowest BCUT2D eigenvalue weighted by molar-refractivity contribution is 0.0933. The molecule has 3 rings (SSSR count). The summed E-state index contributed by atoms with van der Waals surface area (Å²) >= 11 is 5.86. The number of amides is 2. The topological polar surface area (TPSA) is 71.1 Å². The van der Waals surface area contributed by atoms with E-state index in [1.54, 1.807) is 30.3 Å². The quantitative estimate of drug-likeness (QED) is 0.660. The van der Waals surface area contributed by atoms with Crippen molar-refractivity contribution in [2.75, 3.05) is 0 Å². The van der Waals surface area contributed by atoms with Gasteiger partial charge in [0.1, 0.15) is 11.4 Å². The predicted octanol–water partition coefficient (Wildman–Crippen LogP) is 4.16. The van der Waals surface area contributed by atoms with Crippen LogP contribution in [-0.2, 0) is 6.54 Å². The van der Waals surface area contributed by atoms with Gasteiger partial charge in [0.2, 0.25) is 0 Å². The van der Waals surface area contributed by atoms with Crippen LogP contribution in [0.1, 0.15) is 45.1 Å². The molecule has 0 aliphatic rings. The van der Waals surface area contributed by atoms with Crippen molar-refractivity contribution in [2.24, 2.45) is 0 Å². The van der Waals surface area contributed by atoms with Gasteiger partial charge in [0.05, 0.1) is 6.04 Å². The van der Waals surface area contributed by atoms with E-state index in [4.69, 9.17) is 11.6 Å². The molecule has 1 atom stereocenters. The lowest BCUT2D eigenvalue weighted by Gasteiger charge is -2.14. The standard InChI is InChI=1S/C22H20ClN3O2/c1-15(17-6-3-2-4-7-17)25-22(28)20-9-5-8-19(26-20)21(27)24-14-16-10-12-18(23)13-11-16/h2-13,15H,14H2,1H3,(H,24,27)(H,25,28). The fraction of sp³-hybridized carbons (Fsp3) is 0.136. The summed E-state index contributed by atoms with van der Waals surface area (Å²) in [4.78, 5) is 29.1. The van der Waals surface area contributed by atoms with Gasteiger partial charge in [-0.2, -0.15) is 0 Å². The van der Waals surface area contributed by atoms with E-state index in [-0.39, 0.29) is 29.2 Å². The Morgan fingerprint density at radius 2 is 1.54 bits per heavy atom. The maximum absolute atomic E-state index is 12.5. The zero-order chi connectivity index (χ0) is 19.9. The van der Waals surface area contributed by atoms with Crippen molar-refractivity contribution in [3.05, 3.63) is 100 Å². The lowest BCUT2D eigenvalue weighted by Crippen LogP contribution is -2.29. The molecular weight excluding hydrogens is 374 g/mol. The average Bonchev–Trinajstić information content (AvgIpc) is 2.73. The van der Waals surface area contributed by atoms with E-state index < -0.39 is 0 Å². The van der Waals surface area contributed by atoms with Crippen molar-refractivity contribution in [2.45, 2.75) is 19.5 Å². The molecule has 3 aromatic rings. The Bertz CT molecular complexity index is 959. The normalized spacial score (nSPS) is 11.5. The number of carbonyl (C=O) groups is 2. The fourth-order valence-electron chi connectivity index (χ4n) is 2.66. The van der Waals surface area contributed by atoms with Crippen LogP contribution < -0.4 is 10.6 Å². The highest BCUT2D eigenvalue weighted by Crippen LogP contribution is 2.12. The van der Waals surface area contributed by atoms with E-state index in [1.807, 2.05) is 49.4 Å². The summed E-state index contributed by atoms with van der Waals surface area (Å²) < 4.78 is 0. The van der Waals surface area contributed by atoms with Gasteiger partial charge >= 0.3 is 0 Å². The van der Waals surface area contributed by atoms with Crippen LogP contribution >= 0.6 is 11.6 Å². The molecule has 0 aliphatic carbocycles. The minimum Gasteiger partial charge on any atom is -0.347 e. The number of benzene rings is 2. The van der Waals surface area contributed by atoms with E-state index in [2.05, 4.69) is 15.6 Å². The number of aromatic nitrogens is 1. The molecule has 2 aromatic carbocycles. The zero-order valence-corrected chi connectivity index (χ0v) is 16.1. The maximum Gasteiger partial charge on any atom is 0.270 e. The van der Waals surface area contributed by atoms with Crippen LogP contribution in [0.2, 0.25) is 5.02 Å². The van der Waals surface area contributed by atoms with Crippen LogP contribution in [0, 0.1) is 0 Å². The van der Waals surface area contributed by atoms with Crippen molar-refractivity contribution >= 4 is 23.4 Å². The van der Waals surface area contributed by atoms with E-state index in [0.29, 0.717) is 11.6 Å².